The first-order valence-electron chi connectivity index (χ1n) is 7.63. The van der Waals surface area contributed by atoms with E-state index in [2.05, 4.69) is 10.3 Å². The predicted molar refractivity (Wildman–Crippen MR) is 94.5 cm³/mol. The van der Waals surface area contributed by atoms with Crippen LogP contribution in [0, 0.1) is 5.82 Å². The average molecular weight is 362 g/mol. The van der Waals surface area contributed by atoms with Gasteiger partial charge in [0, 0.05) is 34.1 Å². The average Bonchev–Trinajstić information content (AvgIpc) is 3.19. The third-order valence-corrected chi connectivity index (χ3v) is 5.97. The Morgan fingerprint density at radius 2 is 2.29 bits per heavy atom. The van der Waals surface area contributed by atoms with Crippen LogP contribution in [0.5, 0.6) is 0 Å². The lowest BCUT2D eigenvalue weighted by Crippen LogP contribution is -2.12. The number of nitrogens with one attached hydrogen (secondary N) is 1. The van der Waals surface area contributed by atoms with Crippen LogP contribution in [0.4, 0.5) is 9.52 Å². The number of benzene rings is 1. The van der Waals surface area contributed by atoms with E-state index in [1.165, 1.54) is 48.7 Å². The number of carbonyl (C=O) groups excluding carboxylic acids is 1. The number of halogens is 1. The zero-order valence-electron chi connectivity index (χ0n) is 13.0. The van der Waals surface area contributed by atoms with Gasteiger partial charge in [0.05, 0.1) is 17.2 Å². The highest BCUT2D eigenvalue weighted by atomic mass is 32.1. The third-order valence-electron chi connectivity index (χ3n) is 4.00. The van der Waals surface area contributed by atoms with E-state index in [-0.39, 0.29) is 18.3 Å². The Labute approximate surface area is 146 Å². The number of rotatable bonds is 5. The lowest BCUT2D eigenvalue weighted by atomic mass is 10.1. The van der Waals surface area contributed by atoms with Crippen LogP contribution >= 0.6 is 22.7 Å². The van der Waals surface area contributed by atoms with Gasteiger partial charge in [-0.2, -0.15) is 0 Å². The van der Waals surface area contributed by atoms with E-state index in [4.69, 9.17) is 4.74 Å². The number of hydrogen-bond acceptors (Lipinski definition) is 5. The number of methoxy groups -OCH3 is 1. The fraction of sp³-hybridized carbons (Fsp3) is 0.294. The fourth-order valence-electron chi connectivity index (χ4n) is 2.70. The van der Waals surface area contributed by atoms with Gasteiger partial charge in [-0.05, 0) is 25.0 Å². The van der Waals surface area contributed by atoms with Crippen LogP contribution < -0.4 is 5.32 Å². The van der Waals surface area contributed by atoms with E-state index >= 15 is 0 Å². The van der Waals surface area contributed by atoms with Gasteiger partial charge >= 0.3 is 0 Å². The van der Waals surface area contributed by atoms with Gasteiger partial charge in [0.15, 0.2) is 5.13 Å². The Morgan fingerprint density at radius 3 is 3.04 bits per heavy atom. The van der Waals surface area contributed by atoms with E-state index in [0.29, 0.717) is 26.9 Å². The standard InChI is InChI=1S/C17H15FN2O2S2/c1-22-7-10-14-11(18)3-2-4-13(14)24-15(10)16(21)20-17-19-12(8-23-17)9-5-6-9/h2-4,8-9H,5-7H2,1H3,(H,19,20,21). The van der Waals surface area contributed by atoms with Gasteiger partial charge in [-0.1, -0.05) is 6.07 Å². The summed E-state index contributed by atoms with van der Waals surface area (Å²) in [5.41, 5.74) is 1.64. The zero-order chi connectivity index (χ0) is 16.7. The van der Waals surface area contributed by atoms with E-state index in [9.17, 15) is 9.18 Å². The number of amides is 1. The summed E-state index contributed by atoms with van der Waals surface area (Å²) in [7, 11) is 1.54. The van der Waals surface area contributed by atoms with Crippen molar-refractivity contribution < 1.29 is 13.9 Å². The summed E-state index contributed by atoms with van der Waals surface area (Å²) in [4.78, 5) is 17.6. The molecule has 7 heteroatoms. The van der Waals surface area contributed by atoms with E-state index in [1.807, 2.05) is 11.4 Å². The van der Waals surface area contributed by atoms with Crippen molar-refractivity contribution in [2.45, 2.75) is 25.4 Å². The molecule has 0 radical (unpaired) electrons. The number of carbonyl (C=O) groups is 1. The molecule has 1 aliphatic carbocycles. The van der Waals surface area contributed by atoms with Crippen LogP contribution in [0.1, 0.15) is 39.7 Å². The molecule has 3 aromatic rings. The molecule has 1 fully saturated rings. The SMILES string of the molecule is COCc1c(C(=O)Nc2nc(C3CC3)cs2)sc2cccc(F)c12. The van der Waals surface area contributed by atoms with Crippen LogP contribution in [0.2, 0.25) is 0 Å². The second-order valence-corrected chi connectivity index (χ2v) is 7.67. The second kappa shape index (κ2) is 6.23. The monoisotopic (exact) mass is 362 g/mol. The molecule has 4 rings (SSSR count). The Hall–Kier alpha value is -1.83. The molecule has 0 spiro atoms. The smallest absolute Gasteiger partial charge is 0.267 e. The van der Waals surface area contributed by atoms with Gasteiger partial charge in [0.25, 0.3) is 5.91 Å². The topological polar surface area (TPSA) is 51.2 Å². The molecular weight excluding hydrogens is 347 g/mol. The molecule has 2 heterocycles. The van der Waals surface area contributed by atoms with Gasteiger partial charge in [-0.25, -0.2) is 9.37 Å². The highest BCUT2D eigenvalue weighted by molar-refractivity contribution is 7.21. The van der Waals surface area contributed by atoms with Crippen LogP contribution in [-0.2, 0) is 11.3 Å². The Bertz CT molecular complexity index is 915. The van der Waals surface area contributed by atoms with Crippen LogP contribution in [0.25, 0.3) is 10.1 Å². The van der Waals surface area contributed by atoms with Crippen molar-refractivity contribution in [1.29, 1.82) is 0 Å². The van der Waals surface area contributed by atoms with Crippen LogP contribution in [0.3, 0.4) is 0 Å². The summed E-state index contributed by atoms with van der Waals surface area (Å²) in [6.07, 6.45) is 2.34. The molecule has 4 nitrogen and oxygen atoms in total. The molecule has 1 N–H and O–H groups in total. The summed E-state index contributed by atoms with van der Waals surface area (Å²) in [6, 6.07) is 4.86. The molecule has 24 heavy (non-hydrogen) atoms. The van der Waals surface area contributed by atoms with Crippen molar-refractivity contribution in [1.82, 2.24) is 4.98 Å². The number of thiazole rings is 1. The van der Waals surface area contributed by atoms with Gasteiger partial charge in [0.1, 0.15) is 5.82 Å². The van der Waals surface area contributed by atoms with E-state index in [0.717, 1.165) is 10.4 Å². The number of hydrogen-bond donors (Lipinski definition) is 1. The minimum absolute atomic E-state index is 0.189. The molecule has 1 saturated carbocycles. The predicted octanol–water partition coefficient (Wildman–Crippen LogP) is 4.77. The van der Waals surface area contributed by atoms with Crippen molar-refractivity contribution >= 4 is 43.8 Å². The van der Waals surface area contributed by atoms with Crippen molar-refractivity contribution in [3.63, 3.8) is 0 Å². The minimum Gasteiger partial charge on any atom is -0.380 e. The molecule has 1 amide bonds. The number of nitrogens with zero attached hydrogens (tertiary/aromatic N) is 1. The summed E-state index contributed by atoms with van der Waals surface area (Å²) >= 11 is 2.70. The molecule has 0 atom stereocenters. The molecule has 0 bridgehead atoms. The fourth-order valence-corrected chi connectivity index (χ4v) is 4.60. The van der Waals surface area contributed by atoms with Crippen molar-refractivity contribution in [3.05, 3.63) is 45.5 Å². The normalized spacial score (nSPS) is 14.2. The van der Waals surface area contributed by atoms with Crippen molar-refractivity contribution in [2.24, 2.45) is 0 Å². The number of ether oxygens (including phenoxy) is 1. The Kier molecular flexibility index (Phi) is 4.07. The first-order valence-corrected chi connectivity index (χ1v) is 9.32. The van der Waals surface area contributed by atoms with Gasteiger partial charge in [0.2, 0.25) is 0 Å². The lowest BCUT2D eigenvalue weighted by Gasteiger charge is -2.04. The Balaban J connectivity index is 1.67. The third kappa shape index (κ3) is 2.83. The maximum atomic E-state index is 14.2. The Morgan fingerprint density at radius 1 is 1.46 bits per heavy atom. The molecule has 2 aromatic heterocycles. The molecule has 1 aromatic carbocycles. The van der Waals surface area contributed by atoms with Crippen LogP contribution in [0.15, 0.2) is 23.6 Å². The summed E-state index contributed by atoms with van der Waals surface area (Å²) in [6.45, 7) is 0.189. The number of aromatic nitrogens is 1. The zero-order valence-corrected chi connectivity index (χ0v) is 14.6. The molecule has 1 aliphatic rings. The van der Waals surface area contributed by atoms with Gasteiger partial charge < -0.3 is 4.74 Å². The van der Waals surface area contributed by atoms with Crippen molar-refractivity contribution in [3.8, 4) is 0 Å². The second-order valence-electron chi connectivity index (χ2n) is 5.76. The maximum absolute atomic E-state index is 14.2. The quantitative estimate of drug-likeness (QED) is 0.711. The summed E-state index contributed by atoms with van der Waals surface area (Å²) in [5, 5.41) is 5.89. The van der Waals surface area contributed by atoms with Crippen LogP contribution in [-0.4, -0.2) is 18.0 Å². The first-order chi connectivity index (χ1) is 11.7. The summed E-state index contributed by atoms with van der Waals surface area (Å²) in [5.74, 6) is -0.0474. The summed E-state index contributed by atoms with van der Waals surface area (Å²) < 4.78 is 20.1. The molecule has 124 valence electrons. The van der Waals surface area contributed by atoms with E-state index < -0.39 is 0 Å². The number of anilines is 1. The lowest BCUT2D eigenvalue weighted by molar-refractivity contribution is 0.102. The molecule has 0 aliphatic heterocycles. The maximum Gasteiger partial charge on any atom is 0.267 e. The van der Waals surface area contributed by atoms with Crippen molar-refractivity contribution in [2.75, 3.05) is 12.4 Å². The van der Waals surface area contributed by atoms with Gasteiger partial charge in [-0.15, -0.1) is 22.7 Å². The minimum atomic E-state index is -0.333. The highest BCUT2D eigenvalue weighted by Crippen LogP contribution is 2.41. The molecule has 0 unspecified atom stereocenters. The van der Waals surface area contributed by atoms with E-state index in [1.54, 1.807) is 6.07 Å². The van der Waals surface area contributed by atoms with Gasteiger partial charge in [-0.3, -0.25) is 10.1 Å². The number of thiophene rings is 1. The first kappa shape index (κ1) is 15.7. The molecule has 0 saturated heterocycles. The number of fused-ring (bicyclic) bond motifs is 1. The highest BCUT2D eigenvalue weighted by Gasteiger charge is 2.27. The molecular formula is C17H15FN2O2S2. The largest absolute Gasteiger partial charge is 0.380 e.